The van der Waals surface area contributed by atoms with Crippen LogP contribution in [0.25, 0.3) is 0 Å². The Bertz CT molecular complexity index is 597. The molecule has 1 atom stereocenters. The smallest absolute Gasteiger partial charge is 0.265 e. The fraction of sp³-hybridized carbons (Fsp3) is 0.278. The lowest BCUT2D eigenvalue weighted by Gasteiger charge is -2.23. The van der Waals surface area contributed by atoms with E-state index < -0.39 is 11.6 Å². The fourth-order valence-corrected chi connectivity index (χ4v) is 1.94. The summed E-state index contributed by atoms with van der Waals surface area (Å²) in [5, 5.41) is 2.85. The molecular weight excluding hydrogens is 312 g/mol. The summed E-state index contributed by atoms with van der Waals surface area (Å²) >= 11 is 0. The summed E-state index contributed by atoms with van der Waals surface area (Å²) in [5.74, 6) is 0.451. The molecule has 2 aromatic carbocycles. The van der Waals surface area contributed by atoms with Gasteiger partial charge in [-0.2, -0.15) is 0 Å². The second kappa shape index (κ2) is 8.56. The lowest BCUT2D eigenvalue weighted by atomic mass is 10.1. The molecule has 5 heteroatoms. The van der Waals surface area contributed by atoms with E-state index in [0.29, 0.717) is 12.3 Å². The van der Waals surface area contributed by atoms with Crippen LogP contribution >= 0.6 is 12.4 Å². The van der Waals surface area contributed by atoms with Crippen LogP contribution in [-0.4, -0.2) is 18.0 Å². The number of ether oxygens (including phenoxy) is 1. The van der Waals surface area contributed by atoms with Crippen molar-refractivity contribution in [3.05, 3.63) is 66.2 Å². The predicted octanol–water partition coefficient (Wildman–Crippen LogP) is 3.08. The molecule has 0 saturated heterocycles. The Kier molecular flexibility index (Phi) is 7.07. The highest BCUT2D eigenvalue weighted by molar-refractivity contribution is 5.85. The molecule has 0 aliphatic heterocycles. The van der Waals surface area contributed by atoms with Gasteiger partial charge in [0.25, 0.3) is 5.91 Å². The molecule has 1 amide bonds. The van der Waals surface area contributed by atoms with Crippen molar-refractivity contribution in [2.24, 2.45) is 5.73 Å². The number of carbonyl (C=O) groups excluding carboxylic acids is 1. The summed E-state index contributed by atoms with van der Waals surface area (Å²) in [6, 6.07) is 18.7. The standard InChI is InChI=1S/C18H22N2O2.ClH/c1-18(2,19)13-20-17(21)16(14-9-5-3-6-10-14)22-15-11-7-4-8-12-15;/h3-12,16H,13,19H2,1-2H3,(H,20,21);1H. The molecular formula is C18H23ClN2O2. The zero-order chi connectivity index (χ0) is 16.0. The number of benzene rings is 2. The molecule has 0 aliphatic carbocycles. The summed E-state index contributed by atoms with van der Waals surface area (Å²) in [6.07, 6.45) is -0.703. The molecule has 0 spiro atoms. The minimum Gasteiger partial charge on any atom is -0.476 e. The minimum absolute atomic E-state index is 0. The number of nitrogens with one attached hydrogen (secondary N) is 1. The zero-order valence-corrected chi connectivity index (χ0v) is 14.2. The van der Waals surface area contributed by atoms with Gasteiger partial charge in [0.2, 0.25) is 6.10 Å². The first-order valence-corrected chi connectivity index (χ1v) is 7.29. The molecule has 23 heavy (non-hydrogen) atoms. The molecule has 124 valence electrons. The molecule has 0 radical (unpaired) electrons. The maximum atomic E-state index is 12.5. The molecule has 0 bridgehead atoms. The Morgan fingerprint density at radius 1 is 1.09 bits per heavy atom. The molecule has 0 fully saturated rings. The van der Waals surface area contributed by atoms with Crippen molar-refractivity contribution in [2.45, 2.75) is 25.5 Å². The topological polar surface area (TPSA) is 64.3 Å². The highest BCUT2D eigenvalue weighted by Gasteiger charge is 2.24. The van der Waals surface area contributed by atoms with E-state index in [2.05, 4.69) is 5.32 Å². The van der Waals surface area contributed by atoms with E-state index in [0.717, 1.165) is 5.56 Å². The highest BCUT2D eigenvalue weighted by atomic mass is 35.5. The van der Waals surface area contributed by atoms with Crippen LogP contribution in [0.2, 0.25) is 0 Å². The first kappa shape index (κ1) is 19.0. The summed E-state index contributed by atoms with van der Waals surface area (Å²) < 4.78 is 5.87. The van der Waals surface area contributed by atoms with Gasteiger partial charge in [0.15, 0.2) is 0 Å². The Morgan fingerprint density at radius 2 is 1.61 bits per heavy atom. The summed E-state index contributed by atoms with van der Waals surface area (Å²) in [5.41, 5.74) is 6.26. The fourth-order valence-electron chi connectivity index (χ4n) is 1.94. The van der Waals surface area contributed by atoms with Gasteiger partial charge < -0.3 is 15.8 Å². The maximum absolute atomic E-state index is 12.5. The van der Waals surface area contributed by atoms with Crippen molar-refractivity contribution >= 4 is 18.3 Å². The largest absolute Gasteiger partial charge is 0.476 e. The van der Waals surface area contributed by atoms with Crippen LogP contribution in [0.5, 0.6) is 5.75 Å². The van der Waals surface area contributed by atoms with Crippen LogP contribution in [0, 0.1) is 0 Å². The van der Waals surface area contributed by atoms with Gasteiger partial charge in [-0.1, -0.05) is 48.5 Å². The van der Waals surface area contributed by atoms with E-state index in [-0.39, 0.29) is 18.3 Å². The zero-order valence-electron chi connectivity index (χ0n) is 13.4. The van der Waals surface area contributed by atoms with Crippen molar-refractivity contribution < 1.29 is 9.53 Å². The van der Waals surface area contributed by atoms with Gasteiger partial charge in [-0.3, -0.25) is 4.79 Å². The Balaban J connectivity index is 0.00000264. The lowest BCUT2D eigenvalue weighted by molar-refractivity contribution is -0.128. The molecule has 2 rings (SSSR count). The van der Waals surface area contributed by atoms with Gasteiger partial charge in [-0.25, -0.2) is 0 Å². The van der Waals surface area contributed by atoms with Gasteiger partial charge in [0, 0.05) is 17.6 Å². The first-order valence-electron chi connectivity index (χ1n) is 7.29. The van der Waals surface area contributed by atoms with Gasteiger partial charge in [-0.05, 0) is 26.0 Å². The van der Waals surface area contributed by atoms with E-state index in [4.69, 9.17) is 10.5 Å². The molecule has 3 N–H and O–H groups in total. The normalized spacial score (nSPS) is 12.0. The van der Waals surface area contributed by atoms with E-state index in [1.807, 2.05) is 74.5 Å². The van der Waals surface area contributed by atoms with Gasteiger partial charge in [0.05, 0.1) is 0 Å². The second-order valence-corrected chi connectivity index (χ2v) is 5.93. The molecule has 0 heterocycles. The van der Waals surface area contributed by atoms with Crippen LogP contribution in [0.15, 0.2) is 60.7 Å². The number of para-hydroxylation sites is 1. The number of carbonyl (C=O) groups is 1. The Labute approximate surface area is 143 Å². The number of nitrogens with two attached hydrogens (primary N) is 1. The van der Waals surface area contributed by atoms with E-state index >= 15 is 0 Å². The van der Waals surface area contributed by atoms with Crippen molar-refractivity contribution in [1.29, 1.82) is 0 Å². The number of hydrogen-bond acceptors (Lipinski definition) is 3. The number of rotatable bonds is 6. The van der Waals surface area contributed by atoms with E-state index in [1.54, 1.807) is 0 Å². The lowest BCUT2D eigenvalue weighted by Crippen LogP contribution is -2.46. The third-order valence-electron chi connectivity index (χ3n) is 3.06. The van der Waals surface area contributed by atoms with Crippen molar-refractivity contribution in [1.82, 2.24) is 5.32 Å². The van der Waals surface area contributed by atoms with E-state index in [9.17, 15) is 4.79 Å². The van der Waals surface area contributed by atoms with Crippen molar-refractivity contribution in [2.75, 3.05) is 6.54 Å². The summed E-state index contributed by atoms with van der Waals surface area (Å²) in [7, 11) is 0. The summed E-state index contributed by atoms with van der Waals surface area (Å²) in [4.78, 5) is 12.5. The molecule has 2 aromatic rings. The monoisotopic (exact) mass is 334 g/mol. The van der Waals surface area contributed by atoms with E-state index in [1.165, 1.54) is 0 Å². The Hall–Kier alpha value is -2.04. The second-order valence-electron chi connectivity index (χ2n) is 5.93. The minimum atomic E-state index is -0.703. The third-order valence-corrected chi connectivity index (χ3v) is 3.06. The molecule has 0 aromatic heterocycles. The molecule has 0 aliphatic rings. The first-order chi connectivity index (χ1) is 10.5. The maximum Gasteiger partial charge on any atom is 0.265 e. The SMILES string of the molecule is CC(C)(N)CNC(=O)C(Oc1ccccc1)c1ccccc1.Cl. The van der Waals surface area contributed by atoms with Crippen LogP contribution in [0.4, 0.5) is 0 Å². The molecule has 1 unspecified atom stereocenters. The van der Waals surface area contributed by atoms with Crippen LogP contribution in [0.3, 0.4) is 0 Å². The van der Waals surface area contributed by atoms with Gasteiger partial charge >= 0.3 is 0 Å². The van der Waals surface area contributed by atoms with Crippen molar-refractivity contribution in [3.8, 4) is 5.75 Å². The van der Waals surface area contributed by atoms with Crippen LogP contribution < -0.4 is 15.8 Å². The highest BCUT2D eigenvalue weighted by Crippen LogP contribution is 2.22. The third kappa shape index (κ3) is 6.30. The van der Waals surface area contributed by atoms with Crippen LogP contribution in [-0.2, 0) is 4.79 Å². The van der Waals surface area contributed by atoms with Crippen LogP contribution in [0.1, 0.15) is 25.5 Å². The Morgan fingerprint density at radius 3 is 2.13 bits per heavy atom. The average Bonchev–Trinajstić information content (AvgIpc) is 2.51. The number of amides is 1. The predicted molar refractivity (Wildman–Crippen MR) is 94.8 cm³/mol. The van der Waals surface area contributed by atoms with Gasteiger partial charge in [0.1, 0.15) is 5.75 Å². The summed E-state index contributed by atoms with van der Waals surface area (Å²) in [6.45, 7) is 4.11. The molecule has 4 nitrogen and oxygen atoms in total. The number of halogens is 1. The number of hydrogen-bond donors (Lipinski definition) is 2. The average molecular weight is 335 g/mol. The molecule has 0 saturated carbocycles. The quantitative estimate of drug-likeness (QED) is 0.853. The van der Waals surface area contributed by atoms with Crippen molar-refractivity contribution in [3.63, 3.8) is 0 Å². The van der Waals surface area contributed by atoms with Gasteiger partial charge in [-0.15, -0.1) is 12.4 Å².